The number of alkyl halides is 3. The maximum absolute atomic E-state index is 13.3. The molecule has 0 spiro atoms. The summed E-state index contributed by atoms with van der Waals surface area (Å²) in [6.45, 7) is 0. The predicted molar refractivity (Wildman–Crippen MR) is 74.0 cm³/mol. The molecule has 1 aromatic carbocycles. The summed E-state index contributed by atoms with van der Waals surface area (Å²) in [5, 5.41) is 0. The van der Waals surface area contributed by atoms with E-state index in [1.165, 1.54) is 18.2 Å². The molecule has 0 saturated heterocycles. The first kappa shape index (κ1) is 15.6. The quantitative estimate of drug-likeness (QED) is 0.626. The van der Waals surface area contributed by atoms with Crippen LogP contribution in [-0.4, -0.2) is 20.2 Å². The van der Waals surface area contributed by atoms with Gasteiger partial charge in [-0.05, 0) is 36.6 Å². The van der Waals surface area contributed by atoms with Crippen molar-refractivity contribution in [3.05, 3.63) is 29.3 Å². The van der Waals surface area contributed by atoms with Gasteiger partial charge in [0.25, 0.3) is 0 Å². The van der Waals surface area contributed by atoms with Crippen molar-refractivity contribution in [3.63, 3.8) is 0 Å². The van der Waals surface area contributed by atoms with Gasteiger partial charge in [-0.15, -0.1) is 0 Å². The van der Waals surface area contributed by atoms with E-state index in [4.69, 9.17) is 0 Å². The number of anilines is 1. The van der Waals surface area contributed by atoms with E-state index < -0.39 is 17.3 Å². The standard InChI is InChI=1S/C15H17F3N2O/c1-20(2)11-5-6-12(15(16,17)18)13(9-11)14(19-10-21)7-3-4-8-14/h5-6,9H,3-4,7-8H2,1-2H3. The maximum Gasteiger partial charge on any atom is 0.416 e. The van der Waals surface area contributed by atoms with Crippen molar-refractivity contribution in [3.8, 4) is 0 Å². The molecule has 1 saturated carbocycles. The monoisotopic (exact) mass is 298 g/mol. The van der Waals surface area contributed by atoms with Gasteiger partial charge < -0.3 is 4.90 Å². The van der Waals surface area contributed by atoms with E-state index in [0.29, 0.717) is 18.5 Å². The molecule has 0 unspecified atom stereocenters. The first-order valence-corrected chi connectivity index (χ1v) is 6.78. The summed E-state index contributed by atoms with van der Waals surface area (Å²) < 4.78 is 39.9. The van der Waals surface area contributed by atoms with E-state index in [9.17, 15) is 18.0 Å². The van der Waals surface area contributed by atoms with Crippen LogP contribution in [0.4, 0.5) is 18.9 Å². The van der Waals surface area contributed by atoms with E-state index in [1.54, 1.807) is 19.0 Å². The number of hydrogen-bond donors (Lipinski definition) is 0. The molecule has 3 nitrogen and oxygen atoms in total. The van der Waals surface area contributed by atoms with Crippen LogP contribution in [0.1, 0.15) is 36.8 Å². The van der Waals surface area contributed by atoms with Gasteiger partial charge in [0.15, 0.2) is 0 Å². The fraction of sp³-hybridized carbons (Fsp3) is 0.533. The fourth-order valence-corrected chi connectivity index (χ4v) is 2.93. The lowest BCUT2D eigenvalue weighted by atomic mass is 9.84. The highest BCUT2D eigenvalue weighted by Crippen LogP contribution is 2.47. The molecule has 1 aliphatic carbocycles. The summed E-state index contributed by atoms with van der Waals surface area (Å²) in [6, 6.07) is 4.00. The summed E-state index contributed by atoms with van der Waals surface area (Å²) in [5.41, 5.74) is -1.06. The molecule has 0 aliphatic heterocycles. The average Bonchev–Trinajstić information content (AvgIpc) is 2.87. The van der Waals surface area contributed by atoms with Gasteiger partial charge >= 0.3 is 6.18 Å². The second-order valence-electron chi connectivity index (χ2n) is 5.56. The van der Waals surface area contributed by atoms with Crippen molar-refractivity contribution < 1.29 is 18.0 Å². The summed E-state index contributed by atoms with van der Waals surface area (Å²) in [6.07, 6.45) is -0.583. The highest BCUT2D eigenvalue weighted by molar-refractivity contribution is 5.54. The highest BCUT2D eigenvalue weighted by atomic mass is 19.4. The summed E-state index contributed by atoms with van der Waals surface area (Å²) in [4.78, 5) is 16.2. The van der Waals surface area contributed by atoms with Crippen LogP contribution in [0.2, 0.25) is 0 Å². The number of hydrogen-bond acceptors (Lipinski definition) is 3. The molecule has 21 heavy (non-hydrogen) atoms. The Bertz CT molecular complexity index is 569. The van der Waals surface area contributed by atoms with Crippen LogP contribution in [0, 0.1) is 0 Å². The van der Waals surface area contributed by atoms with Gasteiger partial charge in [-0.1, -0.05) is 12.8 Å². The van der Waals surface area contributed by atoms with Crippen molar-refractivity contribution in [1.82, 2.24) is 0 Å². The number of carbonyl (C=O) groups excluding carboxylic acids is 1. The van der Waals surface area contributed by atoms with E-state index >= 15 is 0 Å². The molecule has 114 valence electrons. The molecule has 0 heterocycles. The topological polar surface area (TPSA) is 32.7 Å². The molecule has 0 amide bonds. The summed E-state index contributed by atoms with van der Waals surface area (Å²) in [5.74, 6) is 0. The minimum Gasteiger partial charge on any atom is -0.378 e. The third-order valence-corrected chi connectivity index (χ3v) is 4.02. The predicted octanol–water partition coefficient (Wildman–Crippen LogP) is 3.88. The van der Waals surface area contributed by atoms with Crippen LogP contribution in [0.5, 0.6) is 0 Å². The SMILES string of the molecule is CN(C)c1ccc(C(F)(F)F)c(C2(N=C=O)CCCC2)c1. The minimum atomic E-state index is -4.46. The molecule has 2 rings (SSSR count). The van der Waals surface area contributed by atoms with Crippen LogP contribution < -0.4 is 4.90 Å². The molecule has 0 bridgehead atoms. The smallest absolute Gasteiger partial charge is 0.378 e. The fourth-order valence-electron chi connectivity index (χ4n) is 2.93. The zero-order valence-corrected chi connectivity index (χ0v) is 12.0. The van der Waals surface area contributed by atoms with Crippen LogP contribution in [-0.2, 0) is 16.5 Å². The van der Waals surface area contributed by atoms with Gasteiger partial charge in [0.1, 0.15) is 0 Å². The number of aliphatic imine (C=N–C) groups is 1. The van der Waals surface area contributed by atoms with E-state index in [-0.39, 0.29) is 5.56 Å². The molecule has 6 heteroatoms. The van der Waals surface area contributed by atoms with Gasteiger partial charge in [0.05, 0.1) is 11.1 Å². The van der Waals surface area contributed by atoms with Gasteiger partial charge in [-0.3, -0.25) is 0 Å². The second kappa shape index (κ2) is 5.53. The molecule has 0 N–H and O–H groups in total. The lowest BCUT2D eigenvalue weighted by Crippen LogP contribution is -2.25. The largest absolute Gasteiger partial charge is 0.416 e. The lowest BCUT2D eigenvalue weighted by molar-refractivity contribution is -0.138. The molecule has 0 aromatic heterocycles. The molecule has 0 radical (unpaired) electrons. The highest BCUT2D eigenvalue weighted by Gasteiger charge is 2.43. The van der Waals surface area contributed by atoms with Crippen molar-refractivity contribution in [1.29, 1.82) is 0 Å². The van der Waals surface area contributed by atoms with Crippen molar-refractivity contribution in [2.75, 3.05) is 19.0 Å². The van der Waals surface area contributed by atoms with Gasteiger partial charge in [-0.2, -0.15) is 18.2 Å². The Labute approximate surface area is 121 Å². The van der Waals surface area contributed by atoms with Crippen LogP contribution >= 0.6 is 0 Å². The molecular weight excluding hydrogens is 281 g/mol. The Morgan fingerprint density at radius 2 is 1.86 bits per heavy atom. The Morgan fingerprint density at radius 1 is 1.24 bits per heavy atom. The first-order chi connectivity index (χ1) is 9.80. The van der Waals surface area contributed by atoms with Crippen LogP contribution in [0.25, 0.3) is 0 Å². The van der Waals surface area contributed by atoms with E-state index in [2.05, 4.69) is 4.99 Å². The van der Waals surface area contributed by atoms with Crippen molar-refractivity contribution in [2.24, 2.45) is 4.99 Å². The van der Waals surface area contributed by atoms with Gasteiger partial charge in [-0.25, -0.2) is 4.79 Å². The van der Waals surface area contributed by atoms with E-state index in [0.717, 1.165) is 18.9 Å². The summed E-state index contributed by atoms with van der Waals surface area (Å²) >= 11 is 0. The van der Waals surface area contributed by atoms with Crippen molar-refractivity contribution >= 4 is 11.8 Å². The third kappa shape index (κ3) is 2.95. The lowest BCUT2D eigenvalue weighted by Gasteiger charge is -2.28. The minimum absolute atomic E-state index is 0.0852. The Balaban J connectivity index is 2.68. The van der Waals surface area contributed by atoms with Gasteiger partial charge in [0.2, 0.25) is 6.08 Å². The average molecular weight is 298 g/mol. The second-order valence-corrected chi connectivity index (χ2v) is 5.56. The Morgan fingerprint density at radius 3 is 2.33 bits per heavy atom. The molecular formula is C15H17F3N2O. The first-order valence-electron chi connectivity index (χ1n) is 6.78. The number of halogens is 3. The Kier molecular flexibility index (Phi) is 4.10. The number of isocyanates is 1. The number of benzene rings is 1. The Hall–Kier alpha value is -1.81. The maximum atomic E-state index is 13.3. The van der Waals surface area contributed by atoms with Gasteiger partial charge in [0, 0.05) is 19.8 Å². The normalized spacial score (nSPS) is 17.4. The van der Waals surface area contributed by atoms with Crippen molar-refractivity contribution in [2.45, 2.75) is 37.4 Å². The summed E-state index contributed by atoms with van der Waals surface area (Å²) in [7, 11) is 3.52. The third-order valence-electron chi connectivity index (χ3n) is 4.02. The molecule has 1 aliphatic rings. The molecule has 0 atom stereocenters. The van der Waals surface area contributed by atoms with E-state index in [1.807, 2.05) is 0 Å². The molecule has 1 fully saturated rings. The number of nitrogens with zero attached hydrogens (tertiary/aromatic N) is 2. The van der Waals surface area contributed by atoms with Crippen LogP contribution in [0.3, 0.4) is 0 Å². The zero-order chi connectivity index (χ0) is 15.7. The van der Waals surface area contributed by atoms with Crippen LogP contribution in [0.15, 0.2) is 23.2 Å². The molecule has 1 aromatic rings. The number of rotatable bonds is 3. The zero-order valence-electron chi connectivity index (χ0n) is 12.0.